The van der Waals surface area contributed by atoms with Crippen molar-refractivity contribution < 1.29 is 4.74 Å². The zero-order chi connectivity index (χ0) is 12.3. The SMILES string of the molecule is CCC(COC)Nc1cc(N)nc(C2CC2)n1. The minimum absolute atomic E-state index is 0.265. The average molecular weight is 236 g/mol. The van der Waals surface area contributed by atoms with E-state index in [2.05, 4.69) is 22.2 Å². The second kappa shape index (κ2) is 5.31. The molecule has 1 heterocycles. The lowest BCUT2D eigenvalue weighted by Gasteiger charge is -2.17. The maximum absolute atomic E-state index is 5.79. The standard InChI is InChI=1S/C12H20N4O/c1-3-9(7-17-2)14-11-6-10(13)15-12(16-11)8-4-5-8/h6,8-9H,3-5,7H2,1-2H3,(H3,13,14,15,16). The van der Waals surface area contributed by atoms with Gasteiger partial charge in [-0.15, -0.1) is 0 Å². The van der Waals surface area contributed by atoms with E-state index in [0.29, 0.717) is 18.3 Å². The number of nitrogens with one attached hydrogen (secondary N) is 1. The van der Waals surface area contributed by atoms with Crippen molar-refractivity contribution in [2.75, 3.05) is 24.8 Å². The van der Waals surface area contributed by atoms with Gasteiger partial charge in [0.25, 0.3) is 0 Å². The van der Waals surface area contributed by atoms with Crippen LogP contribution in [0.15, 0.2) is 6.07 Å². The second-order valence-corrected chi connectivity index (χ2v) is 4.52. The van der Waals surface area contributed by atoms with Crippen LogP contribution < -0.4 is 11.1 Å². The van der Waals surface area contributed by atoms with Gasteiger partial charge in [0, 0.05) is 19.1 Å². The van der Waals surface area contributed by atoms with Crippen LogP contribution >= 0.6 is 0 Å². The van der Waals surface area contributed by atoms with Gasteiger partial charge >= 0.3 is 0 Å². The quantitative estimate of drug-likeness (QED) is 0.787. The monoisotopic (exact) mass is 236 g/mol. The Morgan fingerprint density at radius 2 is 2.29 bits per heavy atom. The summed E-state index contributed by atoms with van der Waals surface area (Å²) in [6, 6.07) is 2.05. The summed E-state index contributed by atoms with van der Waals surface area (Å²) in [6.07, 6.45) is 3.34. The van der Waals surface area contributed by atoms with Crippen LogP contribution in [0.3, 0.4) is 0 Å². The summed E-state index contributed by atoms with van der Waals surface area (Å²) in [5.74, 6) is 2.74. The zero-order valence-corrected chi connectivity index (χ0v) is 10.4. The van der Waals surface area contributed by atoms with Crippen LogP contribution in [0.1, 0.15) is 37.9 Å². The van der Waals surface area contributed by atoms with Crippen LogP contribution in [0.25, 0.3) is 0 Å². The fraction of sp³-hybridized carbons (Fsp3) is 0.667. The Balaban J connectivity index is 2.08. The third kappa shape index (κ3) is 3.30. The van der Waals surface area contributed by atoms with Crippen LogP contribution in [0.2, 0.25) is 0 Å². The minimum Gasteiger partial charge on any atom is -0.384 e. The number of nitrogen functional groups attached to an aromatic ring is 1. The predicted molar refractivity (Wildman–Crippen MR) is 68.0 cm³/mol. The highest BCUT2D eigenvalue weighted by Gasteiger charge is 2.27. The zero-order valence-electron chi connectivity index (χ0n) is 10.4. The summed E-state index contributed by atoms with van der Waals surface area (Å²) in [5.41, 5.74) is 5.79. The summed E-state index contributed by atoms with van der Waals surface area (Å²) in [6.45, 7) is 2.78. The molecule has 1 fully saturated rings. The molecular formula is C12H20N4O. The first-order chi connectivity index (χ1) is 8.22. The van der Waals surface area contributed by atoms with Gasteiger partial charge in [-0.05, 0) is 19.3 Å². The number of ether oxygens (including phenoxy) is 1. The molecule has 3 N–H and O–H groups in total. The average Bonchev–Trinajstić information content (AvgIpc) is 3.11. The third-order valence-corrected chi connectivity index (χ3v) is 2.92. The van der Waals surface area contributed by atoms with E-state index in [-0.39, 0.29) is 6.04 Å². The fourth-order valence-corrected chi connectivity index (χ4v) is 1.76. The Morgan fingerprint density at radius 1 is 1.53 bits per heavy atom. The van der Waals surface area contributed by atoms with Gasteiger partial charge in [-0.2, -0.15) is 0 Å². The molecule has 5 nitrogen and oxygen atoms in total. The van der Waals surface area contributed by atoms with Crippen molar-refractivity contribution in [3.05, 3.63) is 11.9 Å². The van der Waals surface area contributed by atoms with Crippen LogP contribution in [0.5, 0.6) is 0 Å². The number of hydrogen-bond acceptors (Lipinski definition) is 5. The van der Waals surface area contributed by atoms with Gasteiger partial charge in [0.15, 0.2) is 0 Å². The molecule has 1 atom stereocenters. The number of hydrogen-bond donors (Lipinski definition) is 2. The van der Waals surface area contributed by atoms with E-state index in [9.17, 15) is 0 Å². The molecule has 0 spiro atoms. The van der Waals surface area contributed by atoms with Gasteiger partial charge in [-0.25, -0.2) is 9.97 Å². The molecule has 1 aromatic heterocycles. The van der Waals surface area contributed by atoms with Gasteiger partial charge in [0.1, 0.15) is 17.5 Å². The molecule has 0 aliphatic heterocycles. The number of aromatic nitrogens is 2. The van der Waals surface area contributed by atoms with Crippen LogP contribution in [-0.2, 0) is 4.74 Å². The van der Waals surface area contributed by atoms with Crippen LogP contribution in [-0.4, -0.2) is 29.7 Å². The van der Waals surface area contributed by atoms with Crippen molar-refractivity contribution >= 4 is 11.6 Å². The summed E-state index contributed by atoms with van der Waals surface area (Å²) < 4.78 is 5.15. The highest BCUT2D eigenvalue weighted by Crippen LogP contribution is 2.38. The molecule has 0 radical (unpaired) electrons. The molecule has 17 heavy (non-hydrogen) atoms. The molecule has 1 unspecified atom stereocenters. The van der Waals surface area contributed by atoms with Gasteiger partial charge in [0.05, 0.1) is 12.6 Å². The number of methoxy groups -OCH3 is 1. The first-order valence-corrected chi connectivity index (χ1v) is 6.12. The number of nitrogens with two attached hydrogens (primary N) is 1. The molecule has 1 saturated carbocycles. The van der Waals surface area contributed by atoms with Crippen molar-refractivity contribution in [1.82, 2.24) is 9.97 Å². The highest BCUT2D eigenvalue weighted by molar-refractivity contribution is 5.46. The Morgan fingerprint density at radius 3 is 2.88 bits per heavy atom. The summed E-state index contributed by atoms with van der Waals surface area (Å²) in [4.78, 5) is 8.78. The molecule has 0 bridgehead atoms. The number of anilines is 2. The van der Waals surface area contributed by atoms with Gasteiger partial charge in [0.2, 0.25) is 0 Å². The van der Waals surface area contributed by atoms with Gasteiger partial charge < -0.3 is 15.8 Å². The molecule has 0 amide bonds. The van der Waals surface area contributed by atoms with E-state index in [4.69, 9.17) is 10.5 Å². The molecule has 1 aliphatic rings. The Kier molecular flexibility index (Phi) is 3.78. The van der Waals surface area contributed by atoms with Crippen LogP contribution in [0, 0.1) is 0 Å². The lowest BCUT2D eigenvalue weighted by atomic mass is 10.2. The molecule has 5 heteroatoms. The van der Waals surface area contributed by atoms with E-state index in [1.165, 1.54) is 12.8 Å². The Bertz CT molecular complexity index is 379. The molecule has 94 valence electrons. The Labute approximate surface area is 102 Å². The van der Waals surface area contributed by atoms with E-state index < -0.39 is 0 Å². The molecule has 1 aromatic rings. The predicted octanol–water partition coefficient (Wildman–Crippen LogP) is 1.77. The van der Waals surface area contributed by atoms with Crippen LogP contribution in [0.4, 0.5) is 11.6 Å². The maximum atomic E-state index is 5.79. The molecular weight excluding hydrogens is 216 g/mol. The van der Waals surface area contributed by atoms with Crippen molar-refractivity contribution in [1.29, 1.82) is 0 Å². The molecule has 0 aromatic carbocycles. The van der Waals surface area contributed by atoms with E-state index in [1.54, 1.807) is 13.2 Å². The van der Waals surface area contributed by atoms with Gasteiger partial charge in [-0.3, -0.25) is 0 Å². The van der Waals surface area contributed by atoms with E-state index >= 15 is 0 Å². The topological polar surface area (TPSA) is 73.1 Å². The lowest BCUT2D eigenvalue weighted by Crippen LogP contribution is -2.24. The summed E-state index contributed by atoms with van der Waals surface area (Å²) in [5, 5.41) is 3.34. The van der Waals surface area contributed by atoms with E-state index in [0.717, 1.165) is 18.1 Å². The van der Waals surface area contributed by atoms with Crippen molar-refractivity contribution in [2.45, 2.75) is 38.1 Å². The van der Waals surface area contributed by atoms with Crippen molar-refractivity contribution in [3.63, 3.8) is 0 Å². The minimum atomic E-state index is 0.265. The summed E-state index contributed by atoms with van der Waals surface area (Å²) in [7, 11) is 1.70. The second-order valence-electron chi connectivity index (χ2n) is 4.52. The Hall–Kier alpha value is -1.36. The first kappa shape index (κ1) is 12.1. The normalized spacial score (nSPS) is 16.8. The molecule has 1 aliphatic carbocycles. The molecule has 0 saturated heterocycles. The lowest BCUT2D eigenvalue weighted by molar-refractivity contribution is 0.184. The number of nitrogens with zero attached hydrogens (tertiary/aromatic N) is 2. The third-order valence-electron chi connectivity index (χ3n) is 2.92. The first-order valence-electron chi connectivity index (χ1n) is 6.12. The van der Waals surface area contributed by atoms with E-state index in [1.807, 2.05) is 0 Å². The fourth-order valence-electron chi connectivity index (χ4n) is 1.76. The molecule has 2 rings (SSSR count). The largest absolute Gasteiger partial charge is 0.384 e. The van der Waals surface area contributed by atoms with Crippen molar-refractivity contribution in [3.8, 4) is 0 Å². The van der Waals surface area contributed by atoms with Crippen molar-refractivity contribution in [2.24, 2.45) is 0 Å². The summed E-state index contributed by atoms with van der Waals surface area (Å²) >= 11 is 0. The highest BCUT2D eigenvalue weighted by atomic mass is 16.5. The maximum Gasteiger partial charge on any atom is 0.136 e. The smallest absolute Gasteiger partial charge is 0.136 e. The van der Waals surface area contributed by atoms with Gasteiger partial charge in [-0.1, -0.05) is 6.92 Å². The number of rotatable bonds is 6.